The number of carbonyl (C=O) groups excluding carboxylic acids is 2. The minimum atomic E-state index is -0.815. The molecule has 1 atom stereocenters. The molecule has 0 aromatic rings. The third-order valence-electron chi connectivity index (χ3n) is 4.41. The van der Waals surface area contributed by atoms with Gasteiger partial charge in [0, 0.05) is 19.8 Å². The number of hydrogen-bond acceptors (Lipinski definition) is 3. The van der Waals surface area contributed by atoms with Crippen molar-refractivity contribution in [1.29, 1.82) is 0 Å². The van der Waals surface area contributed by atoms with Gasteiger partial charge in [-0.3, -0.25) is 9.59 Å². The first-order valence-electron chi connectivity index (χ1n) is 7.84. The summed E-state index contributed by atoms with van der Waals surface area (Å²) in [6, 6.07) is -0.402. The predicted octanol–water partition coefficient (Wildman–Crippen LogP) is 1.56. The molecule has 0 aromatic heterocycles. The van der Waals surface area contributed by atoms with E-state index in [2.05, 4.69) is 5.32 Å². The van der Waals surface area contributed by atoms with E-state index in [1.807, 2.05) is 25.7 Å². The average Bonchev–Trinajstić information content (AvgIpc) is 2.34. The van der Waals surface area contributed by atoms with Crippen molar-refractivity contribution in [2.24, 2.45) is 11.3 Å². The summed E-state index contributed by atoms with van der Waals surface area (Å²) in [5, 5.41) is 2.87. The fraction of sp³-hybridized carbons (Fsp3) is 0.875. The highest BCUT2D eigenvalue weighted by Gasteiger charge is 2.49. The molecule has 0 radical (unpaired) electrons. The summed E-state index contributed by atoms with van der Waals surface area (Å²) in [5.74, 6) is 0.405. The molecule has 2 aliphatic rings. The molecule has 120 valence electrons. The molecule has 0 aliphatic carbocycles. The first kappa shape index (κ1) is 16.3. The number of hydrogen-bond donors (Lipinski definition) is 1. The molecule has 5 heteroatoms. The van der Waals surface area contributed by atoms with Crippen LogP contribution in [0.1, 0.15) is 47.5 Å². The van der Waals surface area contributed by atoms with Gasteiger partial charge >= 0.3 is 0 Å². The fourth-order valence-electron chi connectivity index (χ4n) is 3.30. The third-order valence-corrected chi connectivity index (χ3v) is 4.41. The second-order valence-corrected chi connectivity index (χ2v) is 7.90. The molecule has 0 aromatic carbocycles. The Morgan fingerprint density at radius 3 is 2.33 bits per heavy atom. The average molecular weight is 296 g/mol. The Kier molecular flexibility index (Phi) is 4.34. The van der Waals surface area contributed by atoms with E-state index in [9.17, 15) is 9.59 Å². The summed E-state index contributed by atoms with van der Waals surface area (Å²) in [7, 11) is 0. The zero-order valence-electron chi connectivity index (χ0n) is 13.9. The van der Waals surface area contributed by atoms with E-state index in [1.165, 1.54) is 0 Å². The molecule has 5 nitrogen and oxygen atoms in total. The standard InChI is InChI=1S/C16H28N2O3/c1-15(2,3)12-13(19)17-16(4,5)14(20)18(12)10-11-6-8-21-9-7-11/h11-12H,6-10H2,1-5H3,(H,17,19). The number of nitrogens with one attached hydrogen (secondary N) is 1. The minimum Gasteiger partial charge on any atom is -0.381 e. The summed E-state index contributed by atoms with van der Waals surface area (Å²) in [4.78, 5) is 27.1. The summed E-state index contributed by atoms with van der Waals surface area (Å²) in [6.07, 6.45) is 1.92. The van der Waals surface area contributed by atoms with E-state index >= 15 is 0 Å². The van der Waals surface area contributed by atoms with Crippen molar-refractivity contribution in [3.8, 4) is 0 Å². The van der Waals surface area contributed by atoms with Crippen molar-refractivity contribution < 1.29 is 14.3 Å². The van der Waals surface area contributed by atoms with E-state index < -0.39 is 11.6 Å². The molecule has 2 aliphatic heterocycles. The molecule has 0 spiro atoms. The van der Waals surface area contributed by atoms with Crippen LogP contribution < -0.4 is 5.32 Å². The number of rotatable bonds is 2. The van der Waals surface area contributed by atoms with Crippen molar-refractivity contribution in [3.05, 3.63) is 0 Å². The SMILES string of the molecule is CC1(C)NC(=O)C(C(C)(C)C)N(CC2CCOCC2)C1=O. The van der Waals surface area contributed by atoms with Gasteiger partial charge in [0.2, 0.25) is 11.8 Å². The van der Waals surface area contributed by atoms with Crippen molar-refractivity contribution >= 4 is 11.8 Å². The van der Waals surface area contributed by atoms with Gasteiger partial charge in [-0.05, 0) is 38.0 Å². The fourth-order valence-corrected chi connectivity index (χ4v) is 3.30. The topological polar surface area (TPSA) is 58.6 Å². The van der Waals surface area contributed by atoms with Crippen LogP contribution in [0, 0.1) is 11.3 Å². The number of amides is 2. The lowest BCUT2D eigenvalue weighted by Crippen LogP contribution is -2.71. The van der Waals surface area contributed by atoms with Gasteiger partial charge in [0.05, 0.1) is 0 Å². The normalized spacial score (nSPS) is 27.7. The number of carbonyl (C=O) groups is 2. The van der Waals surface area contributed by atoms with Crippen molar-refractivity contribution in [1.82, 2.24) is 10.2 Å². The van der Waals surface area contributed by atoms with Gasteiger partial charge in [-0.15, -0.1) is 0 Å². The summed E-state index contributed by atoms with van der Waals surface area (Å²) in [6.45, 7) is 11.8. The first-order chi connectivity index (χ1) is 9.63. The Labute approximate surface area is 127 Å². The van der Waals surface area contributed by atoms with Crippen molar-refractivity contribution in [2.45, 2.75) is 59.0 Å². The van der Waals surface area contributed by atoms with Gasteiger partial charge < -0.3 is 15.0 Å². The molecular weight excluding hydrogens is 268 g/mol. The molecule has 2 heterocycles. The van der Waals surface area contributed by atoms with Gasteiger partial charge in [-0.1, -0.05) is 20.8 Å². The largest absolute Gasteiger partial charge is 0.381 e. The van der Waals surface area contributed by atoms with Gasteiger partial charge in [0.25, 0.3) is 0 Å². The first-order valence-corrected chi connectivity index (χ1v) is 7.84. The van der Waals surface area contributed by atoms with Crippen LogP contribution in [0.2, 0.25) is 0 Å². The van der Waals surface area contributed by atoms with Crippen molar-refractivity contribution in [2.75, 3.05) is 19.8 Å². The van der Waals surface area contributed by atoms with Gasteiger partial charge in [0.1, 0.15) is 11.6 Å². The van der Waals surface area contributed by atoms with E-state index in [0.29, 0.717) is 12.5 Å². The van der Waals surface area contributed by atoms with E-state index in [-0.39, 0.29) is 17.2 Å². The molecule has 2 amide bonds. The van der Waals surface area contributed by atoms with Gasteiger partial charge in [0.15, 0.2) is 0 Å². The quantitative estimate of drug-likeness (QED) is 0.841. The van der Waals surface area contributed by atoms with Crippen molar-refractivity contribution in [3.63, 3.8) is 0 Å². The number of nitrogens with zero attached hydrogens (tertiary/aromatic N) is 1. The maximum Gasteiger partial charge on any atom is 0.248 e. The zero-order valence-corrected chi connectivity index (χ0v) is 13.9. The monoisotopic (exact) mass is 296 g/mol. The highest BCUT2D eigenvalue weighted by molar-refractivity contribution is 5.99. The smallest absolute Gasteiger partial charge is 0.248 e. The van der Waals surface area contributed by atoms with Gasteiger partial charge in [-0.2, -0.15) is 0 Å². The molecule has 2 fully saturated rings. The molecule has 1 unspecified atom stereocenters. The Bertz CT molecular complexity index is 420. The van der Waals surface area contributed by atoms with E-state index in [4.69, 9.17) is 4.74 Å². The highest BCUT2D eigenvalue weighted by atomic mass is 16.5. The predicted molar refractivity (Wildman–Crippen MR) is 80.7 cm³/mol. The highest BCUT2D eigenvalue weighted by Crippen LogP contribution is 2.32. The Morgan fingerprint density at radius 1 is 1.24 bits per heavy atom. The molecule has 1 N–H and O–H groups in total. The summed E-state index contributed by atoms with van der Waals surface area (Å²) < 4.78 is 5.39. The molecular formula is C16H28N2O3. The van der Waals surface area contributed by atoms with Crippen LogP contribution in [0.4, 0.5) is 0 Å². The second-order valence-electron chi connectivity index (χ2n) is 7.90. The van der Waals surface area contributed by atoms with Crippen LogP contribution >= 0.6 is 0 Å². The molecule has 2 saturated heterocycles. The van der Waals surface area contributed by atoms with Crippen LogP contribution in [0.5, 0.6) is 0 Å². The lowest BCUT2D eigenvalue weighted by atomic mass is 9.80. The van der Waals surface area contributed by atoms with Crippen LogP contribution in [0.3, 0.4) is 0 Å². The molecule has 0 bridgehead atoms. The maximum absolute atomic E-state index is 12.8. The zero-order chi connectivity index (χ0) is 15.8. The maximum atomic E-state index is 12.8. The number of ether oxygens (including phenoxy) is 1. The lowest BCUT2D eigenvalue weighted by Gasteiger charge is -2.48. The van der Waals surface area contributed by atoms with Crippen LogP contribution in [-0.4, -0.2) is 48.1 Å². The Hall–Kier alpha value is -1.10. The van der Waals surface area contributed by atoms with Crippen LogP contribution in [0.15, 0.2) is 0 Å². The van der Waals surface area contributed by atoms with E-state index in [1.54, 1.807) is 13.8 Å². The molecule has 0 saturated carbocycles. The van der Waals surface area contributed by atoms with Crippen LogP contribution in [-0.2, 0) is 14.3 Å². The Morgan fingerprint density at radius 2 is 1.81 bits per heavy atom. The molecule has 21 heavy (non-hydrogen) atoms. The summed E-state index contributed by atoms with van der Waals surface area (Å²) in [5.41, 5.74) is -1.09. The minimum absolute atomic E-state index is 0.0218. The summed E-state index contributed by atoms with van der Waals surface area (Å²) >= 11 is 0. The van der Waals surface area contributed by atoms with Gasteiger partial charge in [-0.25, -0.2) is 0 Å². The Balaban J connectivity index is 2.24. The molecule has 2 rings (SSSR count). The van der Waals surface area contributed by atoms with E-state index in [0.717, 1.165) is 26.1 Å². The number of piperazine rings is 1. The van der Waals surface area contributed by atoms with Crippen LogP contribution in [0.25, 0.3) is 0 Å². The third kappa shape index (κ3) is 3.39. The lowest BCUT2D eigenvalue weighted by molar-refractivity contribution is -0.159. The second kappa shape index (κ2) is 5.59.